The summed E-state index contributed by atoms with van der Waals surface area (Å²) < 4.78 is 2.84. The number of hydrogen-bond acceptors (Lipinski definition) is 2. The van der Waals surface area contributed by atoms with Gasteiger partial charge in [0.2, 0.25) is 0 Å². The number of hydrogen-bond donors (Lipinski definition) is 0. The molecule has 3 heteroatoms. The maximum absolute atomic E-state index is 3.57. The van der Waals surface area contributed by atoms with Crippen LogP contribution in [0.3, 0.4) is 0 Å². The largest absolute Gasteiger partial charge is 0.240 e. The Morgan fingerprint density at radius 2 is 2.20 bits per heavy atom. The number of rotatable bonds is 1. The average Bonchev–Trinajstić information content (AvgIpc) is 3.09. The number of thiophene rings is 1. The molecule has 0 bridgehead atoms. The van der Waals surface area contributed by atoms with Gasteiger partial charge in [-0.1, -0.05) is 18.2 Å². The van der Waals surface area contributed by atoms with Crippen LogP contribution in [0.15, 0.2) is 46.2 Å². The summed E-state index contributed by atoms with van der Waals surface area (Å²) in [6.45, 7) is 4.25. The summed E-state index contributed by atoms with van der Waals surface area (Å²) in [6, 6.07) is 2.24. The fraction of sp³-hybridized carbons (Fsp3) is 0.235. The first kappa shape index (κ1) is 14.7. The first-order valence-electron chi connectivity index (χ1n) is 6.62. The zero-order valence-corrected chi connectivity index (χ0v) is 15.7. The van der Waals surface area contributed by atoms with E-state index in [1.54, 1.807) is 35.6 Å². The van der Waals surface area contributed by atoms with Crippen molar-refractivity contribution in [2.75, 3.05) is 0 Å². The van der Waals surface area contributed by atoms with Gasteiger partial charge in [0, 0.05) is 0 Å². The molecular weight excluding hydrogens is 360 g/mol. The maximum Gasteiger partial charge on any atom is -0.00887 e. The molecule has 1 aromatic heterocycles. The van der Waals surface area contributed by atoms with E-state index in [0.717, 1.165) is 6.42 Å². The summed E-state index contributed by atoms with van der Waals surface area (Å²) in [5.74, 6) is 0. The fourth-order valence-electron chi connectivity index (χ4n) is 2.45. The Bertz CT molecular complexity index is 755. The van der Waals surface area contributed by atoms with E-state index in [-0.39, 0.29) is 0 Å². The van der Waals surface area contributed by atoms with E-state index in [1.807, 2.05) is 11.8 Å². The molecule has 4 rings (SSSR count). The van der Waals surface area contributed by atoms with Crippen LogP contribution in [0.5, 0.6) is 0 Å². The van der Waals surface area contributed by atoms with Crippen LogP contribution < -0.4 is 9.75 Å². The quantitative estimate of drug-likeness (QED) is 0.680. The van der Waals surface area contributed by atoms with Crippen LogP contribution in [-0.4, -0.2) is 8.46 Å². The summed E-state index contributed by atoms with van der Waals surface area (Å²) in [6.07, 6.45) is 11.3. The van der Waals surface area contributed by atoms with Gasteiger partial charge in [-0.3, -0.25) is 0 Å². The minimum Gasteiger partial charge on any atom is -0.240 e. The van der Waals surface area contributed by atoms with Gasteiger partial charge in [0.25, 0.3) is 0 Å². The maximum atomic E-state index is 3.57. The molecule has 3 aliphatic rings. The standard InChI is InChI=1S/C14H9S2.C3H6.Zr/c1-2-4-9(3-1)11-8-16-13-7-12-10(14(11)13)5-6-15-12;1-3-2;/h1-3,5-6,8,13H,4H2;1-2H3;/q-1;;. The molecule has 100 valence electrons. The average molecular weight is 375 g/mol. The third kappa shape index (κ3) is 2.86. The van der Waals surface area contributed by atoms with E-state index in [4.69, 9.17) is 0 Å². The molecule has 0 nitrogen and oxygen atoms in total. The first-order chi connectivity index (χ1) is 9.66. The van der Waals surface area contributed by atoms with Gasteiger partial charge < -0.3 is 0 Å². The van der Waals surface area contributed by atoms with E-state index >= 15 is 0 Å². The molecule has 0 amide bonds. The SMILES string of the molecule is C[C](C)=[Zr].[C-]1=c2sccc2=C2C(C3=CC=CC3)=CSC12. The number of fused-ring (bicyclic) bond motifs is 2. The third-order valence-electron chi connectivity index (χ3n) is 3.21. The molecule has 0 saturated carbocycles. The minimum absolute atomic E-state index is 0.457. The third-order valence-corrected chi connectivity index (χ3v) is 5.05. The van der Waals surface area contributed by atoms with Crippen molar-refractivity contribution in [3.63, 3.8) is 0 Å². The van der Waals surface area contributed by atoms with Crippen molar-refractivity contribution in [2.45, 2.75) is 25.5 Å². The van der Waals surface area contributed by atoms with Crippen LogP contribution in [0.25, 0.3) is 11.6 Å². The van der Waals surface area contributed by atoms with E-state index in [2.05, 4.69) is 55.0 Å². The van der Waals surface area contributed by atoms with Crippen LogP contribution in [0, 0.1) is 0 Å². The van der Waals surface area contributed by atoms with Gasteiger partial charge in [-0.15, -0.1) is 27.9 Å². The van der Waals surface area contributed by atoms with Crippen molar-refractivity contribution in [1.29, 1.82) is 0 Å². The summed E-state index contributed by atoms with van der Waals surface area (Å²) in [5.41, 5.74) is 4.41. The van der Waals surface area contributed by atoms with Gasteiger partial charge in [-0.05, 0) is 33.6 Å². The minimum atomic E-state index is 0.457. The first-order valence-corrected chi connectivity index (χ1v) is 9.67. The van der Waals surface area contributed by atoms with Gasteiger partial charge in [-0.2, -0.15) is 16.6 Å². The topological polar surface area (TPSA) is 0 Å². The Morgan fingerprint density at radius 1 is 1.40 bits per heavy atom. The molecule has 0 N–H and O–H groups in total. The summed E-state index contributed by atoms with van der Waals surface area (Å²) in [4.78, 5) is 0. The molecule has 1 aliphatic heterocycles. The van der Waals surface area contributed by atoms with Crippen LogP contribution in [-0.2, 0) is 24.2 Å². The Morgan fingerprint density at radius 3 is 2.90 bits per heavy atom. The van der Waals surface area contributed by atoms with Crippen LogP contribution >= 0.6 is 23.1 Å². The van der Waals surface area contributed by atoms with E-state index in [1.165, 1.54) is 29.7 Å². The van der Waals surface area contributed by atoms with Crippen molar-refractivity contribution >= 4 is 38.0 Å². The van der Waals surface area contributed by atoms with E-state index in [0.29, 0.717) is 5.25 Å². The second-order valence-corrected chi connectivity index (χ2v) is 9.45. The van der Waals surface area contributed by atoms with Crippen molar-refractivity contribution < 1.29 is 24.2 Å². The predicted octanol–water partition coefficient (Wildman–Crippen LogP) is 3.20. The molecule has 0 radical (unpaired) electrons. The van der Waals surface area contributed by atoms with Crippen molar-refractivity contribution in [3.05, 3.63) is 56.0 Å². The zero-order chi connectivity index (χ0) is 14.1. The van der Waals surface area contributed by atoms with E-state index in [9.17, 15) is 0 Å². The van der Waals surface area contributed by atoms with Crippen molar-refractivity contribution in [3.8, 4) is 0 Å². The van der Waals surface area contributed by atoms with Gasteiger partial charge in [0.15, 0.2) is 0 Å². The van der Waals surface area contributed by atoms with Crippen LogP contribution in [0.4, 0.5) is 0 Å². The molecule has 0 saturated heterocycles. The number of allylic oxidation sites excluding steroid dienone is 5. The smallest absolute Gasteiger partial charge is 0.00887 e. The molecule has 0 fully saturated rings. The Labute approximate surface area is 143 Å². The second-order valence-electron chi connectivity index (χ2n) is 5.09. The molecule has 20 heavy (non-hydrogen) atoms. The van der Waals surface area contributed by atoms with Gasteiger partial charge in [0.1, 0.15) is 0 Å². The fourth-order valence-corrected chi connectivity index (χ4v) is 4.48. The molecule has 2 aliphatic carbocycles. The molecule has 2 heterocycles. The van der Waals surface area contributed by atoms with Gasteiger partial charge >= 0.3 is 41.3 Å². The summed E-state index contributed by atoms with van der Waals surface area (Å²) in [7, 11) is 0. The second kappa shape index (κ2) is 6.26. The molecule has 1 unspecified atom stereocenters. The Kier molecular flexibility index (Phi) is 4.59. The molecule has 1 aromatic rings. The zero-order valence-electron chi connectivity index (χ0n) is 11.6. The molecule has 0 spiro atoms. The summed E-state index contributed by atoms with van der Waals surface area (Å²) >= 11 is 5.26. The van der Waals surface area contributed by atoms with Crippen molar-refractivity contribution in [1.82, 2.24) is 0 Å². The Balaban J connectivity index is 0.000000272. The monoisotopic (exact) mass is 373 g/mol. The van der Waals surface area contributed by atoms with Crippen LogP contribution in [0.2, 0.25) is 0 Å². The Hall–Kier alpha value is -0.237. The summed E-state index contributed by atoms with van der Waals surface area (Å²) in [5, 5.41) is 6.35. The molecule has 1 atom stereocenters. The van der Waals surface area contributed by atoms with Gasteiger partial charge in [0.05, 0.1) is 0 Å². The van der Waals surface area contributed by atoms with Crippen molar-refractivity contribution in [2.24, 2.45) is 0 Å². The predicted molar refractivity (Wildman–Crippen MR) is 88.0 cm³/mol. The van der Waals surface area contributed by atoms with E-state index < -0.39 is 0 Å². The van der Waals surface area contributed by atoms with Gasteiger partial charge in [-0.25, -0.2) is 6.08 Å². The molecule has 0 aromatic carbocycles. The number of thioether (sulfide) groups is 1. The molecular formula is C17H15S2Zr-. The normalized spacial score (nSPS) is 21.4. The van der Waals surface area contributed by atoms with Crippen LogP contribution in [0.1, 0.15) is 20.3 Å².